The molecule has 0 spiro atoms. The Morgan fingerprint density at radius 2 is 1.53 bits per heavy atom. The van der Waals surface area contributed by atoms with Crippen LogP contribution in [0.1, 0.15) is 26.3 Å². The Balaban J connectivity index is 2.30. The van der Waals surface area contributed by atoms with Gasteiger partial charge in [-0.3, -0.25) is 4.79 Å². The molecule has 1 N–H and O–H groups in total. The molecule has 2 aromatic rings. The third kappa shape index (κ3) is 2.85. The number of halogens is 1. The Morgan fingerprint density at radius 3 is 2.16 bits per heavy atom. The molecule has 0 heterocycles. The topological polar surface area (TPSA) is 54.4 Å². The molecular formula is C15H11FO3. The van der Waals surface area contributed by atoms with E-state index >= 15 is 0 Å². The molecule has 0 aliphatic rings. The molecule has 0 aliphatic heterocycles. The molecule has 0 atom stereocenters. The summed E-state index contributed by atoms with van der Waals surface area (Å²) in [4.78, 5) is 23.0. The second-order valence-corrected chi connectivity index (χ2v) is 4.04. The van der Waals surface area contributed by atoms with E-state index in [0.29, 0.717) is 5.56 Å². The third-order valence-electron chi connectivity index (χ3n) is 2.77. The maximum absolute atomic E-state index is 13.5. The maximum Gasteiger partial charge on any atom is 0.335 e. The fourth-order valence-electron chi connectivity index (χ4n) is 1.84. The van der Waals surface area contributed by atoms with Gasteiger partial charge in [-0.2, -0.15) is 0 Å². The van der Waals surface area contributed by atoms with Crippen molar-refractivity contribution in [2.24, 2.45) is 0 Å². The second-order valence-electron chi connectivity index (χ2n) is 4.04. The van der Waals surface area contributed by atoms with Gasteiger partial charge < -0.3 is 5.11 Å². The van der Waals surface area contributed by atoms with E-state index in [2.05, 4.69) is 0 Å². The van der Waals surface area contributed by atoms with Gasteiger partial charge in [0.05, 0.1) is 11.1 Å². The first-order valence-electron chi connectivity index (χ1n) is 5.68. The molecular weight excluding hydrogens is 247 g/mol. The van der Waals surface area contributed by atoms with Crippen LogP contribution in [-0.4, -0.2) is 16.9 Å². The van der Waals surface area contributed by atoms with Crippen molar-refractivity contribution in [3.8, 4) is 0 Å². The van der Waals surface area contributed by atoms with Crippen LogP contribution >= 0.6 is 0 Å². The number of Topliss-reactive ketones (excluding diaryl/α,β-unsaturated/α-hetero) is 1. The summed E-state index contributed by atoms with van der Waals surface area (Å²) in [6.45, 7) is 0. The minimum absolute atomic E-state index is 0.0253. The second kappa shape index (κ2) is 5.44. The number of hydrogen-bond acceptors (Lipinski definition) is 2. The van der Waals surface area contributed by atoms with Crippen molar-refractivity contribution in [3.05, 3.63) is 71.0 Å². The highest BCUT2D eigenvalue weighted by molar-refractivity contribution is 5.99. The van der Waals surface area contributed by atoms with Crippen LogP contribution in [0.25, 0.3) is 0 Å². The van der Waals surface area contributed by atoms with Crippen LogP contribution in [-0.2, 0) is 6.42 Å². The molecule has 4 heteroatoms. The Labute approximate surface area is 109 Å². The molecule has 0 saturated carbocycles. The quantitative estimate of drug-likeness (QED) is 0.858. The molecule has 2 rings (SSSR count). The SMILES string of the molecule is O=C(Cc1ccccc1C(=O)O)c1ccccc1F. The highest BCUT2D eigenvalue weighted by Gasteiger charge is 2.15. The molecule has 2 aromatic carbocycles. The Bertz CT molecular complexity index is 635. The minimum Gasteiger partial charge on any atom is -0.478 e. The van der Waals surface area contributed by atoms with Crippen molar-refractivity contribution in [3.63, 3.8) is 0 Å². The predicted octanol–water partition coefficient (Wildman–Crippen LogP) is 2.95. The fraction of sp³-hybridized carbons (Fsp3) is 0.0667. The summed E-state index contributed by atoms with van der Waals surface area (Å²) in [5.74, 6) is -2.14. The van der Waals surface area contributed by atoms with Gasteiger partial charge in [0.15, 0.2) is 5.78 Å². The van der Waals surface area contributed by atoms with Crippen LogP contribution in [0.2, 0.25) is 0 Å². The zero-order valence-corrected chi connectivity index (χ0v) is 9.97. The molecule has 96 valence electrons. The van der Waals surface area contributed by atoms with Gasteiger partial charge in [0, 0.05) is 6.42 Å². The normalized spacial score (nSPS) is 10.2. The van der Waals surface area contributed by atoms with Crippen molar-refractivity contribution in [1.29, 1.82) is 0 Å². The van der Waals surface area contributed by atoms with E-state index < -0.39 is 17.6 Å². The summed E-state index contributed by atoms with van der Waals surface area (Å²) in [6.07, 6.45) is -0.136. The molecule has 19 heavy (non-hydrogen) atoms. The van der Waals surface area contributed by atoms with Crippen LogP contribution in [0.3, 0.4) is 0 Å². The fourth-order valence-corrected chi connectivity index (χ4v) is 1.84. The number of hydrogen-bond donors (Lipinski definition) is 1. The molecule has 0 radical (unpaired) electrons. The van der Waals surface area contributed by atoms with Crippen LogP contribution in [0.15, 0.2) is 48.5 Å². The summed E-state index contributed by atoms with van der Waals surface area (Å²) < 4.78 is 13.5. The number of carboxylic acid groups (broad SMARTS) is 1. The Morgan fingerprint density at radius 1 is 0.947 bits per heavy atom. The third-order valence-corrected chi connectivity index (χ3v) is 2.77. The van der Waals surface area contributed by atoms with Crippen LogP contribution in [0.5, 0.6) is 0 Å². The number of carbonyl (C=O) groups excluding carboxylic acids is 1. The van der Waals surface area contributed by atoms with Crippen LogP contribution < -0.4 is 0 Å². The van der Waals surface area contributed by atoms with Gasteiger partial charge in [-0.1, -0.05) is 30.3 Å². The average Bonchev–Trinajstić information content (AvgIpc) is 2.39. The monoisotopic (exact) mass is 258 g/mol. The van der Waals surface area contributed by atoms with E-state index in [4.69, 9.17) is 5.11 Å². The number of ketones is 1. The number of rotatable bonds is 4. The lowest BCUT2D eigenvalue weighted by atomic mass is 9.98. The number of carbonyl (C=O) groups is 2. The molecule has 0 unspecified atom stereocenters. The van der Waals surface area contributed by atoms with E-state index in [1.165, 1.54) is 24.3 Å². The summed E-state index contributed by atoms with van der Waals surface area (Å²) in [7, 11) is 0. The van der Waals surface area contributed by atoms with Gasteiger partial charge in [-0.05, 0) is 23.8 Å². The molecule has 0 fully saturated rings. The lowest BCUT2D eigenvalue weighted by molar-refractivity contribution is 0.0696. The standard InChI is InChI=1S/C15H11FO3/c16-13-8-4-3-7-12(13)14(17)9-10-5-1-2-6-11(10)15(18)19/h1-8H,9H2,(H,18,19). The van der Waals surface area contributed by atoms with E-state index in [1.807, 2.05) is 0 Å². The lowest BCUT2D eigenvalue weighted by Crippen LogP contribution is -2.10. The van der Waals surface area contributed by atoms with Crippen LogP contribution in [0.4, 0.5) is 4.39 Å². The summed E-state index contributed by atoms with van der Waals surface area (Å²) in [5.41, 5.74) is 0.415. The minimum atomic E-state index is -1.10. The van der Waals surface area contributed by atoms with Crippen molar-refractivity contribution in [2.45, 2.75) is 6.42 Å². The lowest BCUT2D eigenvalue weighted by Gasteiger charge is -2.06. The van der Waals surface area contributed by atoms with Gasteiger partial charge in [-0.15, -0.1) is 0 Å². The maximum atomic E-state index is 13.5. The predicted molar refractivity (Wildman–Crippen MR) is 67.8 cm³/mol. The first-order valence-corrected chi connectivity index (χ1v) is 5.68. The molecule has 0 bridgehead atoms. The molecule has 0 saturated heterocycles. The number of benzene rings is 2. The van der Waals surface area contributed by atoms with Gasteiger partial charge >= 0.3 is 5.97 Å². The van der Waals surface area contributed by atoms with Crippen molar-refractivity contribution >= 4 is 11.8 Å². The summed E-state index contributed by atoms with van der Waals surface area (Å²) in [6, 6.07) is 11.9. The van der Waals surface area contributed by atoms with E-state index in [0.717, 1.165) is 0 Å². The highest BCUT2D eigenvalue weighted by Crippen LogP contribution is 2.14. The average molecular weight is 258 g/mol. The molecule has 0 aliphatic carbocycles. The first-order chi connectivity index (χ1) is 9.09. The van der Waals surface area contributed by atoms with Gasteiger partial charge in [0.1, 0.15) is 5.82 Å². The molecule has 3 nitrogen and oxygen atoms in total. The zero-order valence-electron chi connectivity index (χ0n) is 9.97. The smallest absolute Gasteiger partial charge is 0.335 e. The van der Waals surface area contributed by atoms with E-state index in [1.54, 1.807) is 24.3 Å². The number of aromatic carboxylic acids is 1. The Kier molecular flexibility index (Phi) is 3.71. The Hall–Kier alpha value is -2.49. The first kappa shape index (κ1) is 13.0. The highest BCUT2D eigenvalue weighted by atomic mass is 19.1. The van der Waals surface area contributed by atoms with Crippen molar-refractivity contribution in [1.82, 2.24) is 0 Å². The van der Waals surface area contributed by atoms with E-state index in [-0.39, 0.29) is 17.5 Å². The van der Waals surface area contributed by atoms with Crippen LogP contribution in [0, 0.1) is 5.82 Å². The summed E-state index contributed by atoms with van der Waals surface area (Å²) >= 11 is 0. The van der Waals surface area contributed by atoms with E-state index in [9.17, 15) is 14.0 Å². The molecule has 0 aromatic heterocycles. The van der Waals surface area contributed by atoms with Crippen molar-refractivity contribution in [2.75, 3.05) is 0 Å². The summed E-state index contributed by atoms with van der Waals surface area (Å²) in [5, 5.41) is 9.02. The molecule has 0 amide bonds. The van der Waals surface area contributed by atoms with Gasteiger partial charge in [0.25, 0.3) is 0 Å². The van der Waals surface area contributed by atoms with Gasteiger partial charge in [-0.25, -0.2) is 9.18 Å². The van der Waals surface area contributed by atoms with Gasteiger partial charge in [0.2, 0.25) is 0 Å². The number of carboxylic acids is 1. The largest absolute Gasteiger partial charge is 0.478 e. The zero-order chi connectivity index (χ0) is 13.8. The van der Waals surface area contributed by atoms with Crippen molar-refractivity contribution < 1.29 is 19.1 Å².